The van der Waals surface area contributed by atoms with Crippen molar-refractivity contribution < 1.29 is 23.9 Å². The Kier molecular flexibility index (Phi) is 11.5. The lowest BCUT2D eigenvalue weighted by molar-refractivity contribution is 0.0285. The molecule has 17 nitrogen and oxygen atoms in total. The largest absolute Gasteiger partial charge is 0.444 e. The molecule has 0 fully saturated rings. The van der Waals surface area contributed by atoms with Crippen molar-refractivity contribution in [1.29, 1.82) is 0 Å². The van der Waals surface area contributed by atoms with Crippen LogP contribution in [0.1, 0.15) is 95.7 Å². The Bertz CT molecular complexity index is 2480. The molecule has 17 heteroatoms. The van der Waals surface area contributed by atoms with Crippen LogP contribution in [0.4, 0.5) is 16.7 Å². The van der Waals surface area contributed by atoms with E-state index in [-0.39, 0.29) is 18.4 Å². The summed E-state index contributed by atoms with van der Waals surface area (Å²) in [5, 5.41) is 14.8. The highest BCUT2D eigenvalue weighted by atomic mass is 16.6. The number of anilines is 2. The molecule has 4 amide bonds. The average Bonchev–Trinajstić information content (AvgIpc) is 3.91. The number of hydrogen-bond donors (Lipinski definition) is 3. The van der Waals surface area contributed by atoms with E-state index in [1.807, 2.05) is 75.8 Å². The van der Waals surface area contributed by atoms with E-state index < -0.39 is 17.6 Å². The highest BCUT2D eigenvalue weighted by molar-refractivity contribution is 6.04. The number of ether oxygens (including phenoxy) is 1. The molecule has 0 saturated carbocycles. The number of primary amides is 1. The van der Waals surface area contributed by atoms with E-state index in [4.69, 9.17) is 20.4 Å². The van der Waals surface area contributed by atoms with Gasteiger partial charge in [-0.1, -0.05) is 12.1 Å². The number of nitrogens with zero attached hydrogens (tertiary/aromatic N) is 9. The van der Waals surface area contributed by atoms with E-state index in [2.05, 4.69) is 20.8 Å². The van der Waals surface area contributed by atoms with E-state index in [9.17, 15) is 19.2 Å². The molecule has 0 unspecified atom stereocenters. The smallest absolute Gasteiger partial charge is 0.410 e. The van der Waals surface area contributed by atoms with E-state index in [0.717, 1.165) is 28.0 Å². The molecule has 0 bridgehead atoms. The normalized spacial score (nSPS) is 11.6. The number of carbonyl (C=O) groups is 4. The summed E-state index contributed by atoms with van der Waals surface area (Å²) in [4.78, 5) is 63.2. The number of amides is 4. The summed E-state index contributed by atoms with van der Waals surface area (Å²) in [7, 11) is 1.67. The summed E-state index contributed by atoms with van der Waals surface area (Å²) < 4.78 is 12.7. The lowest BCUT2D eigenvalue weighted by Gasteiger charge is -2.24. The Morgan fingerprint density at radius 3 is 1.89 bits per heavy atom. The fraction of sp³-hybridized carbons (Fsp3) is 0.400. The maximum Gasteiger partial charge on any atom is 0.410 e. The molecule has 0 aliphatic rings. The zero-order valence-electron chi connectivity index (χ0n) is 33.7. The number of rotatable bonds is 14. The second kappa shape index (κ2) is 16.3. The number of nitrogens with two attached hydrogens (primary N) is 1. The molecule has 4 aromatic heterocycles. The van der Waals surface area contributed by atoms with Gasteiger partial charge in [0.05, 0.1) is 40.0 Å². The number of carbonyl (C=O) groups excluding carboxylic acids is 4. The van der Waals surface area contributed by atoms with Crippen molar-refractivity contribution in [2.45, 2.75) is 99.6 Å². The van der Waals surface area contributed by atoms with E-state index in [1.165, 1.54) is 4.90 Å². The van der Waals surface area contributed by atoms with Crippen LogP contribution in [0.15, 0.2) is 48.5 Å². The van der Waals surface area contributed by atoms with Crippen LogP contribution in [0.25, 0.3) is 22.1 Å². The van der Waals surface area contributed by atoms with Crippen LogP contribution in [0.5, 0.6) is 0 Å². The zero-order chi connectivity index (χ0) is 41.2. The second-order valence-electron chi connectivity index (χ2n) is 15.0. The lowest BCUT2D eigenvalue weighted by Crippen LogP contribution is -2.33. The molecule has 4 heterocycles. The van der Waals surface area contributed by atoms with Gasteiger partial charge in [-0.2, -0.15) is 10.2 Å². The van der Waals surface area contributed by atoms with Crippen LogP contribution in [0.3, 0.4) is 0 Å². The minimum atomic E-state index is -0.653. The number of imidazole rings is 2. The van der Waals surface area contributed by atoms with Crippen molar-refractivity contribution in [3.05, 3.63) is 82.4 Å². The highest BCUT2D eigenvalue weighted by Gasteiger charge is 2.24. The number of para-hydroxylation sites is 1. The minimum Gasteiger partial charge on any atom is -0.444 e. The lowest BCUT2D eigenvalue weighted by atomic mass is 10.1. The van der Waals surface area contributed by atoms with Gasteiger partial charge >= 0.3 is 6.09 Å². The maximum atomic E-state index is 13.7. The molecule has 0 atom stereocenters. The Morgan fingerprint density at radius 2 is 1.35 bits per heavy atom. The molecule has 0 saturated heterocycles. The molecule has 0 spiro atoms. The number of aryl methyl sites for hydroxylation is 6. The van der Waals surface area contributed by atoms with E-state index >= 15 is 0 Å². The van der Waals surface area contributed by atoms with Crippen molar-refractivity contribution in [3.8, 4) is 0 Å². The number of fused-ring (bicyclic) bond motifs is 2. The van der Waals surface area contributed by atoms with Crippen LogP contribution in [-0.4, -0.2) is 80.0 Å². The Hall–Kier alpha value is -6.52. The van der Waals surface area contributed by atoms with Crippen molar-refractivity contribution in [2.75, 3.05) is 17.7 Å². The monoisotopic (exact) mass is 778 g/mol. The molecule has 6 aromatic rings. The molecular formula is C40H50N12O5. The topological polar surface area (TPSA) is 202 Å². The number of aromatic nitrogens is 8. The first kappa shape index (κ1) is 40.2. The summed E-state index contributed by atoms with van der Waals surface area (Å²) in [6.07, 6.45) is 0.806. The van der Waals surface area contributed by atoms with Crippen LogP contribution < -0.4 is 16.4 Å². The zero-order valence-corrected chi connectivity index (χ0v) is 33.7. The van der Waals surface area contributed by atoms with Gasteiger partial charge < -0.3 is 24.5 Å². The summed E-state index contributed by atoms with van der Waals surface area (Å²) >= 11 is 0. The molecule has 57 heavy (non-hydrogen) atoms. The molecule has 0 aliphatic heterocycles. The van der Waals surface area contributed by atoms with Crippen molar-refractivity contribution in [3.63, 3.8) is 0 Å². The van der Waals surface area contributed by atoms with Crippen LogP contribution in [0.2, 0.25) is 0 Å². The minimum absolute atomic E-state index is 0.233. The highest BCUT2D eigenvalue weighted by Crippen LogP contribution is 2.27. The van der Waals surface area contributed by atoms with Gasteiger partial charge in [0.15, 0.2) is 0 Å². The SMILES string of the molecule is CCn1nc(C)cc1C(=O)Nc1nc2cc(C(N)=O)ccc2n1CCCCn1c(NC(=O)c2cc(C)nn2CC)nc2c(CN(C)C(=O)OC(C)(C)C)cccc21. The van der Waals surface area contributed by atoms with Gasteiger partial charge in [-0.25, -0.2) is 14.8 Å². The van der Waals surface area contributed by atoms with Crippen molar-refractivity contribution >= 4 is 57.8 Å². The summed E-state index contributed by atoms with van der Waals surface area (Å²) in [6.45, 7) is 15.2. The van der Waals surface area contributed by atoms with Crippen molar-refractivity contribution in [2.24, 2.45) is 5.73 Å². The number of hydrogen-bond acceptors (Lipinski definition) is 9. The quantitative estimate of drug-likeness (QED) is 0.113. The average molecular weight is 779 g/mol. The molecular weight excluding hydrogens is 729 g/mol. The standard InChI is InChI=1S/C40H50N12O5/c1-9-51-31(20-24(3)46-51)35(54)44-37-42-28-22-26(34(41)53)16-17-29(28)49(37)18-11-12-19-50-30-15-13-14-27(23-48(8)39(56)57-40(5,6)7)33(30)43-38(50)45-36(55)32-21-25(4)47-52(32)10-2/h13-17,20-22H,9-12,18-19,23H2,1-8H3,(H2,41,53)(H,42,44,54)(H,43,45,55). The molecule has 300 valence electrons. The molecule has 2 aromatic carbocycles. The molecule has 6 rings (SSSR count). The van der Waals surface area contributed by atoms with Crippen LogP contribution in [-0.2, 0) is 37.5 Å². The van der Waals surface area contributed by atoms with Gasteiger partial charge in [0.1, 0.15) is 17.0 Å². The third-order valence-corrected chi connectivity index (χ3v) is 9.34. The number of nitrogens with one attached hydrogen (secondary N) is 2. The van der Waals surface area contributed by atoms with Gasteiger partial charge in [0, 0.05) is 38.8 Å². The number of benzene rings is 2. The van der Waals surface area contributed by atoms with Gasteiger partial charge in [-0.3, -0.25) is 34.4 Å². The van der Waals surface area contributed by atoms with Gasteiger partial charge in [-0.15, -0.1) is 0 Å². The first-order valence-electron chi connectivity index (χ1n) is 19.0. The fourth-order valence-electron chi connectivity index (χ4n) is 6.73. The predicted octanol–water partition coefficient (Wildman–Crippen LogP) is 5.89. The van der Waals surface area contributed by atoms with Crippen LogP contribution >= 0.6 is 0 Å². The van der Waals surface area contributed by atoms with E-state index in [1.54, 1.807) is 46.7 Å². The van der Waals surface area contributed by atoms with Gasteiger partial charge in [-0.05, 0) is 103 Å². The second-order valence-corrected chi connectivity index (χ2v) is 15.0. The third-order valence-electron chi connectivity index (χ3n) is 9.34. The summed E-state index contributed by atoms with van der Waals surface area (Å²) in [6, 6.07) is 14.2. The number of unbranched alkanes of at least 4 members (excludes halogenated alkanes) is 1. The Morgan fingerprint density at radius 1 is 0.789 bits per heavy atom. The fourth-order valence-corrected chi connectivity index (χ4v) is 6.73. The summed E-state index contributed by atoms with van der Waals surface area (Å²) in [5.74, 6) is -0.611. The Labute approximate surface area is 330 Å². The van der Waals surface area contributed by atoms with Crippen LogP contribution in [0, 0.1) is 13.8 Å². The van der Waals surface area contributed by atoms with Gasteiger partial charge in [0.2, 0.25) is 17.8 Å². The van der Waals surface area contributed by atoms with E-state index in [0.29, 0.717) is 78.9 Å². The first-order chi connectivity index (χ1) is 27.1. The predicted molar refractivity (Wildman–Crippen MR) is 216 cm³/mol. The summed E-state index contributed by atoms with van der Waals surface area (Å²) in [5.41, 5.74) is 10.9. The Balaban J connectivity index is 1.29. The van der Waals surface area contributed by atoms with Gasteiger partial charge in [0.25, 0.3) is 11.8 Å². The maximum absolute atomic E-state index is 13.7. The first-order valence-corrected chi connectivity index (χ1v) is 19.0. The third kappa shape index (κ3) is 8.82. The molecule has 4 N–H and O–H groups in total. The van der Waals surface area contributed by atoms with Crippen molar-refractivity contribution in [1.82, 2.24) is 43.6 Å². The molecule has 0 radical (unpaired) electrons. The molecule has 0 aliphatic carbocycles.